The van der Waals surface area contributed by atoms with Crippen LogP contribution in [0.2, 0.25) is 5.02 Å². The van der Waals surface area contributed by atoms with Gasteiger partial charge in [-0.15, -0.1) is 0 Å². The maximum atomic E-state index is 15.1. The molecule has 0 unspecified atom stereocenters. The molecule has 10 heteroatoms. The fourth-order valence-corrected chi connectivity index (χ4v) is 6.39. The van der Waals surface area contributed by atoms with Gasteiger partial charge in [-0.3, -0.25) is 4.68 Å². The van der Waals surface area contributed by atoms with Crippen LogP contribution < -0.4 is 4.74 Å². The highest BCUT2D eigenvalue weighted by Crippen LogP contribution is 2.43. The fraction of sp³-hybridized carbons (Fsp3) is 0.353. The van der Waals surface area contributed by atoms with Gasteiger partial charge in [-0.25, -0.2) is 13.6 Å². The number of esters is 1. The van der Waals surface area contributed by atoms with Gasteiger partial charge in [0.05, 0.1) is 36.1 Å². The normalized spacial score (nSPS) is 14.8. The number of nitrogens with zero attached hydrogens (tertiary/aromatic N) is 3. The van der Waals surface area contributed by atoms with Crippen LogP contribution in [0.1, 0.15) is 47.2 Å². The molecular formula is C34H34ClF2N3O4. The average molecular weight is 622 g/mol. The zero-order chi connectivity index (χ0) is 31.0. The van der Waals surface area contributed by atoms with E-state index in [9.17, 15) is 4.79 Å². The van der Waals surface area contributed by atoms with Crippen LogP contribution in [0.4, 0.5) is 8.78 Å². The van der Waals surface area contributed by atoms with Crippen molar-refractivity contribution in [3.63, 3.8) is 0 Å². The van der Waals surface area contributed by atoms with Crippen molar-refractivity contribution in [2.24, 2.45) is 7.05 Å². The zero-order valence-electron chi connectivity index (χ0n) is 25.0. The number of hydrogen-bond donors (Lipinski definition) is 0. The second-order valence-corrected chi connectivity index (χ2v) is 11.5. The number of fused-ring (bicyclic) bond motifs is 3. The number of aryl methyl sites for hydroxylation is 3. The number of aromatic nitrogens is 3. The average Bonchev–Trinajstić information content (AvgIpc) is 3.46. The second-order valence-electron chi connectivity index (χ2n) is 11.1. The Labute approximate surface area is 259 Å². The quantitative estimate of drug-likeness (QED) is 0.137. The summed E-state index contributed by atoms with van der Waals surface area (Å²) in [6.07, 6.45) is 0.513. The van der Waals surface area contributed by atoms with Crippen LogP contribution in [0.3, 0.4) is 0 Å². The number of rotatable bonds is 7. The van der Waals surface area contributed by atoms with E-state index < -0.39 is 24.9 Å². The van der Waals surface area contributed by atoms with Crippen molar-refractivity contribution in [2.45, 2.75) is 52.2 Å². The summed E-state index contributed by atoms with van der Waals surface area (Å²) in [6.45, 7) is 3.19. The van der Waals surface area contributed by atoms with Crippen molar-refractivity contribution in [3.8, 4) is 16.9 Å². The lowest BCUT2D eigenvalue weighted by Crippen LogP contribution is -2.26. The Kier molecular flexibility index (Phi) is 8.35. The molecule has 0 amide bonds. The Balaban J connectivity index is 1.47. The molecule has 1 aliphatic rings. The molecule has 3 heterocycles. The highest BCUT2D eigenvalue weighted by Gasteiger charge is 2.34. The van der Waals surface area contributed by atoms with Gasteiger partial charge in [-0.05, 0) is 49.8 Å². The molecule has 44 heavy (non-hydrogen) atoms. The van der Waals surface area contributed by atoms with Crippen LogP contribution >= 0.6 is 11.6 Å². The standard InChI is InChI=1S/C34H34ClF2N3O4/c1-4-43-33(41)32-24(12-8-18-44-28-13-7-10-22-9-5-6-11-23(22)28)25-14-15-26(35)30-29-21(2)39(3)38-27(29)19-42-20-34(36,37)16-17-40(32)31(25)30/h5-7,9-11,13-15H,4,8,12,16-20H2,1-3H3. The monoisotopic (exact) mass is 621 g/mol. The van der Waals surface area contributed by atoms with E-state index >= 15 is 8.78 Å². The topological polar surface area (TPSA) is 67.5 Å². The van der Waals surface area contributed by atoms with Gasteiger partial charge in [0.1, 0.15) is 18.1 Å². The highest BCUT2D eigenvalue weighted by molar-refractivity contribution is 6.35. The lowest BCUT2D eigenvalue weighted by atomic mass is 9.98. The smallest absolute Gasteiger partial charge is 0.355 e. The lowest BCUT2D eigenvalue weighted by molar-refractivity contribution is -0.0890. The molecule has 0 N–H and O–H groups in total. The van der Waals surface area contributed by atoms with Crippen LogP contribution in [0, 0.1) is 6.92 Å². The van der Waals surface area contributed by atoms with E-state index in [-0.39, 0.29) is 25.5 Å². The number of ether oxygens (including phenoxy) is 3. The Bertz CT molecular complexity index is 1860. The molecule has 6 rings (SSSR count). The van der Waals surface area contributed by atoms with Crippen LogP contribution in [0.25, 0.3) is 32.8 Å². The molecular weight excluding hydrogens is 588 g/mol. The SMILES string of the molecule is CCOC(=O)c1c(CCCOc2cccc3ccccc23)c2ccc(Cl)c3c2n1CCC(F)(F)COCc1nn(C)c(C)c1-3. The molecule has 0 saturated heterocycles. The van der Waals surface area contributed by atoms with E-state index in [2.05, 4.69) is 5.10 Å². The van der Waals surface area contributed by atoms with Crippen molar-refractivity contribution >= 4 is 39.2 Å². The molecule has 0 aliphatic carbocycles. The number of benzene rings is 3. The molecule has 0 spiro atoms. The summed E-state index contributed by atoms with van der Waals surface area (Å²) in [7, 11) is 1.79. The summed E-state index contributed by atoms with van der Waals surface area (Å²) in [4.78, 5) is 13.6. The largest absolute Gasteiger partial charge is 0.493 e. The summed E-state index contributed by atoms with van der Waals surface area (Å²) in [5, 5.41) is 7.88. The molecule has 230 valence electrons. The third kappa shape index (κ3) is 5.55. The number of alkyl halides is 2. The zero-order valence-corrected chi connectivity index (χ0v) is 25.7. The molecule has 0 atom stereocenters. The summed E-state index contributed by atoms with van der Waals surface area (Å²) < 4.78 is 50.7. The van der Waals surface area contributed by atoms with Gasteiger partial charge in [0.15, 0.2) is 0 Å². The Hall–Kier alpha value is -3.95. The minimum Gasteiger partial charge on any atom is -0.493 e. The molecule has 7 nitrogen and oxygen atoms in total. The molecule has 2 aromatic heterocycles. The van der Waals surface area contributed by atoms with Crippen molar-refractivity contribution in [3.05, 3.63) is 82.3 Å². The predicted molar refractivity (Wildman–Crippen MR) is 167 cm³/mol. The van der Waals surface area contributed by atoms with Crippen LogP contribution in [0.15, 0.2) is 54.6 Å². The Morgan fingerprint density at radius 1 is 1.09 bits per heavy atom. The fourth-order valence-electron chi connectivity index (χ4n) is 6.14. The van der Waals surface area contributed by atoms with Gasteiger partial charge < -0.3 is 18.8 Å². The lowest BCUT2D eigenvalue weighted by Gasteiger charge is -2.18. The first-order valence-corrected chi connectivity index (χ1v) is 15.2. The van der Waals surface area contributed by atoms with E-state index in [0.29, 0.717) is 46.8 Å². The molecule has 1 aliphatic heterocycles. The Morgan fingerprint density at radius 3 is 2.70 bits per heavy atom. The predicted octanol–water partition coefficient (Wildman–Crippen LogP) is 7.90. The van der Waals surface area contributed by atoms with Crippen molar-refractivity contribution < 1.29 is 27.8 Å². The molecule has 0 saturated carbocycles. The Morgan fingerprint density at radius 2 is 1.89 bits per heavy atom. The van der Waals surface area contributed by atoms with Gasteiger partial charge >= 0.3 is 5.97 Å². The number of carbonyl (C=O) groups excluding carboxylic acids is 1. The summed E-state index contributed by atoms with van der Waals surface area (Å²) >= 11 is 6.90. The molecule has 0 radical (unpaired) electrons. The third-order valence-electron chi connectivity index (χ3n) is 8.23. The van der Waals surface area contributed by atoms with Crippen LogP contribution in [-0.4, -0.2) is 46.1 Å². The number of carbonyl (C=O) groups is 1. The number of halogens is 3. The second kappa shape index (κ2) is 12.2. The summed E-state index contributed by atoms with van der Waals surface area (Å²) in [6, 6.07) is 17.6. The first kappa shape index (κ1) is 30.1. The highest BCUT2D eigenvalue weighted by atomic mass is 35.5. The summed E-state index contributed by atoms with van der Waals surface area (Å²) in [5.41, 5.74) is 4.26. The first-order valence-electron chi connectivity index (χ1n) is 14.8. The van der Waals surface area contributed by atoms with E-state index in [1.54, 1.807) is 29.3 Å². The van der Waals surface area contributed by atoms with Gasteiger partial charge in [-0.2, -0.15) is 5.10 Å². The van der Waals surface area contributed by atoms with Crippen LogP contribution in [-0.2, 0) is 36.1 Å². The molecule has 5 aromatic rings. The molecule has 0 bridgehead atoms. The van der Waals surface area contributed by atoms with Crippen molar-refractivity contribution in [2.75, 3.05) is 19.8 Å². The van der Waals surface area contributed by atoms with E-state index in [4.69, 9.17) is 25.8 Å². The van der Waals surface area contributed by atoms with Gasteiger partial charge in [0.25, 0.3) is 5.92 Å². The van der Waals surface area contributed by atoms with Gasteiger partial charge in [0.2, 0.25) is 0 Å². The minimum absolute atomic E-state index is 0.0941. The van der Waals surface area contributed by atoms with Crippen molar-refractivity contribution in [1.82, 2.24) is 14.3 Å². The van der Waals surface area contributed by atoms with Crippen LogP contribution in [0.5, 0.6) is 5.75 Å². The third-order valence-corrected chi connectivity index (χ3v) is 8.55. The van der Waals surface area contributed by atoms with E-state index in [0.717, 1.165) is 33.2 Å². The number of hydrogen-bond acceptors (Lipinski definition) is 5. The summed E-state index contributed by atoms with van der Waals surface area (Å²) in [5.74, 6) is -2.90. The molecule has 0 fully saturated rings. The van der Waals surface area contributed by atoms with Gasteiger partial charge in [0, 0.05) is 47.6 Å². The van der Waals surface area contributed by atoms with Crippen molar-refractivity contribution in [1.29, 1.82) is 0 Å². The maximum Gasteiger partial charge on any atom is 0.355 e. The van der Waals surface area contributed by atoms with E-state index in [1.165, 1.54) is 0 Å². The van der Waals surface area contributed by atoms with Gasteiger partial charge in [-0.1, -0.05) is 54.1 Å². The maximum absolute atomic E-state index is 15.1. The van der Waals surface area contributed by atoms with E-state index in [1.807, 2.05) is 55.5 Å². The minimum atomic E-state index is -3.12. The first-order chi connectivity index (χ1) is 21.2. The molecule has 3 aromatic carbocycles.